The Morgan fingerprint density at radius 2 is 2.27 bits per heavy atom. The monoisotopic (exact) mass is 201 g/mol. The van der Waals surface area contributed by atoms with E-state index in [0.717, 1.165) is 6.04 Å². The van der Waals surface area contributed by atoms with E-state index in [4.69, 9.17) is 0 Å². The molecule has 2 heteroatoms. The zero-order valence-corrected chi connectivity index (χ0v) is 9.19. The minimum atomic E-state index is 0.850. The summed E-state index contributed by atoms with van der Waals surface area (Å²) in [7, 11) is 2.12. The maximum atomic E-state index is 2.49. The van der Waals surface area contributed by atoms with Crippen molar-refractivity contribution >= 4 is 5.57 Å². The first kappa shape index (κ1) is 8.96. The molecule has 1 saturated heterocycles. The third-order valence-corrected chi connectivity index (χ3v) is 3.64. The van der Waals surface area contributed by atoms with Crippen molar-refractivity contribution in [1.82, 2.24) is 4.90 Å². The van der Waals surface area contributed by atoms with E-state index in [1.807, 2.05) is 0 Å². The molecule has 1 aromatic heterocycles. The zero-order valence-electron chi connectivity index (χ0n) is 9.19. The summed E-state index contributed by atoms with van der Waals surface area (Å²) in [6, 6.07) is 7.27. The summed E-state index contributed by atoms with van der Waals surface area (Å²) < 4.78 is 2.21. The van der Waals surface area contributed by atoms with E-state index >= 15 is 0 Å². The fourth-order valence-corrected chi connectivity index (χ4v) is 2.58. The van der Waals surface area contributed by atoms with Crippen LogP contribution in [0.15, 0.2) is 30.6 Å². The second kappa shape index (κ2) is 3.37. The van der Waals surface area contributed by atoms with Crippen molar-refractivity contribution in [2.45, 2.75) is 25.3 Å². The van der Waals surface area contributed by atoms with Crippen LogP contribution in [-0.4, -0.2) is 17.5 Å². The number of aryl methyl sites for hydroxylation is 1. The van der Waals surface area contributed by atoms with Crippen LogP contribution in [0.25, 0.3) is 5.57 Å². The molecule has 0 amide bonds. The Hall–Kier alpha value is -1.31. The van der Waals surface area contributed by atoms with Crippen molar-refractivity contribution in [3.63, 3.8) is 0 Å². The summed E-state index contributed by atoms with van der Waals surface area (Å²) in [4.78, 5) is 2.49. The standard InChI is InChI=1S/C13H17N2/c1-14-8-3-2-4-13(14)11-5-6-12-7-9-15(12)10-11/h2-4,8,10,12H,5-7,9H2,1H3/q+1. The van der Waals surface area contributed by atoms with Crippen molar-refractivity contribution in [1.29, 1.82) is 0 Å². The molecule has 15 heavy (non-hydrogen) atoms. The third-order valence-electron chi connectivity index (χ3n) is 3.64. The molecular weight excluding hydrogens is 184 g/mol. The molecule has 2 aliphatic rings. The van der Waals surface area contributed by atoms with Gasteiger partial charge in [0.1, 0.15) is 7.05 Å². The topological polar surface area (TPSA) is 7.12 Å². The van der Waals surface area contributed by atoms with E-state index in [1.54, 1.807) is 0 Å². The average molecular weight is 201 g/mol. The summed E-state index contributed by atoms with van der Waals surface area (Å²) in [5.41, 5.74) is 2.86. The van der Waals surface area contributed by atoms with Crippen LogP contribution in [0.1, 0.15) is 25.0 Å². The summed E-state index contributed by atoms with van der Waals surface area (Å²) in [5, 5.41) is 0. The van der Waals surface area contributed by atoms with Crippen molar-refractivity contribution in [2.24, 2.45) is 7.05 Å². The molecule has 1 fully saturated rings. The first-order valence-electron chi connectivity index (χ1n) is 5.76. The molecule has 1 unspecified atom stereocenters. The predicted molar refractivity (Wildman–Crippen MR) is 59.9 cm³/mol. The van der Waals surface area contributed by atoms with Crippen LogP contribution in [0.2, 0.25) is 0 Å². The highest BCUT2D eigenvalue weighted by Gasteiger charge is 2.30. The van der Waals surface area contributed by atoms with Crippen LogP contribution in [-0.2, 0) is 7.05 Å². The van der Waals surface area contributed by atoms with Gasteiger partial charge in [-0.3, -0.25) is 0 Å². The Kier molecular flexibility index (Phi) is 2.01. The van der Waals surface area contributed by atoms with Gasteiger partial charge in [-0.05, 0) is 25.3 Å². The Bertz CT molecular complexity index is 409. The SMILES string of the molecule is C[n+]1ccccc1C1=CN2CCC2CC1. The van der Waals surface area contributed by atoms with Gasteiger partial charge in [0.15, 0.2) is 6.20 Å². The Balaban J connectivity index is 1.94. The minimum Gasteiger partial charge on any atom is -0.374 e. The van der Waals surface area contributed by atoms with Crippen LogP contribution >= 0.6 is 0 Å². The number of aromatic nitrogens is 1. The molecule has 1 atom stereocenters. The molecule has 78 valence electrons. The normalized spacial score (nSPS) is 24.2. The number of fused-ring (bicyclic) bond motifs is 1. The molecule has 0 radical (unpaired) electrons. The zero-order chi connectivity index (χ0) is 10.3. The van der Waals surface area contributed by atoms with Crippen LogP contribution in [0.4, 0.5) is 0 Å². The van der Waals surface area contributed by atoms with Gasteiger partial charge in [0.25, 0.3) is 0 Å². The van der Waals surface area contributed by atoms with E-state index in [-0.39, 0.29) is 0 Å². The molecule has 1 aromatic rings. The fraction of sp³-hybridized carbons (Fsp3) is 0.462. The highest BCUT2D eigenvalue weighted by molar-refractivity contribution is 5.61. The highest BCUT2D eigenvalue weighted by Crippen LogP contribution is 2.32. The fourth-order valence-electron chi connectivity index (χ4n) is 2.58. The number of hydrogen-bond donors (Lipinski definition) is 0. The molecule has 0 saturated carbocycles. The van der Waals surface area contributed by atoms with Gasteiger partial charge >= 0.3 is 0 Å². The van der Waals surface area contributed by atoms with Crippen molar-refractivity contribution < 1.29 is 4.57 Å². The molecule has 2 nitrogen and oxygen atoms in total. The molecule has 0 bridgehead atoms. The molecule has 3 rings (SSSR count). The Morgan fingerprint density at radius 1 is 1.33 bits per heavy atom. The summed E-state index contributed by atoms with van der Waals surface area (Å²) >= 11 is 0. The van der Waals surface area contributed by atoms with Gasteiger partial charge in [0, 0.05) is 36.5 Å². The molecule has 0 aliphatic carbocycles. The number of hydrogen-bond acceptors (Lipinski definition) is 1. The quantitative estimate of drug-likeness (QED) is 0.628. The van der Waals surface area contributed by atoms with Gasteiger partial charge < -0.3 is 4.90 Å². The maximum Gasteiger partial charge on any atom is 0.209 e. The van der Waals surface area contributed by atoms with Gasteiger partial charge in [-0.1, -0.05) is 0 Å². The number of nitrogens with zero attached hydrogens (tertiary/aromatic N) is 2. The molecule has 0 N–H and O–H groups in total. The largest absolute Gasteiger partial charge is 0.374 e. The second-order valence-electron chi connectivity index (χ2n) is 4.57. The van der Waals surface area contributed by atoms with Gasteiger partial charge in [-0.15, -0.1) is 0 Å². The average Bonchev–Trinajstić information content (AvgIpc) is 2.21. The number of pyridine rings is 1. The summed E-state index contributed by atoms with van der Waals surface area (Å²) in [5.74, 6) is 0. The second-order valence-corrected chi connectivity index (χ2v) is 4.57. The smallest absolute Gasteiger partial charge is 0.209 e. The van der Waals surface area contributed by atoms with Crippen LogP contribution in [0.5, 0.6) is 0 Å². The first-order valence-corrected chi connectivity index (χ1v) is 5.76. The van der Waals surface area contributed by atoms with Gasteiger partial charge in [-0.2, -0.15) is 0 Å². The predicted octanol–water partition coefficient (Wildman–Crippen LogP) is 1.72. The molecular formula is C13H17N2+. The highest BCUT2D eigenvalue weighted by atomic mass is 15.2. The van der Waals surface area contributed by atoms with Crippen molar-refractivity contribution in [2.75, 3.05) is 6.54 Å². The molecule has 2 aliphatic heterocycles. The van der Waals surface area contributed by atoms with E-state index in [9.17, 15) is 0 Å². The third kappa shape index (κ3) is 1.44. The minimum absolute atomic E-state index is 0.850. The van der Waals surface area contributed by atoms with Crippen LogP contribution < -0.4 is 4.57 Å². The lowest BCUT2D eigenvalue weighted by atomic mass is 9.90. The molecule has 3 heterocycles. The lowest BCUT2D eigenvalue weighted by Crippen LogP contribution is -2.46. The van der Waals surface area contributed by atoms with Crippen LogP contribution in [0.3, 0.4) is 0 Å². The van der Waals surface area contributed by atoms with Gasteiger partial charge in [-0.25, -0.2) is 4.57 Å². The van der Waals surface area contributed by atoms with E-state index in [0.29, 0.717) is 0 Å². The Labute approximate surface area is 90.8 Å². The van der Waals surface area contributed by atoms with E-state index in [2.05, 4.69) is 47.1 Å². The first-order chi connectivity index (χ1) is 7.34. The number of allylic oxidation sites excluding steroid dienone is 1. The Morgan fingerprint density at radius 3 is 2.93 bits per heavy atom. The molecule has 0 spiro atoms. The maximum absolute atomic E-state index is 2.49. The van der Waals surface area contributed by atoms with Gasteiger partial charge in [0.2, 0.25) is 5.69 Å². The van der Waals surface area contributed by atoms with Crippen molar-refractivity contribution in [3.05, 3.63) is 36.3 Å². The molecule has 0 aromatic carbocycles. The van der Waals surface area contributed by atoms with Gasteiger partial charge in [0.05, 0.1) is 0 Å². The van der Waals surface area contributed by atoms with Crippen LogP contribution in [0, 0.1) is 0 Å². The summed E-state index contributed by atoms with van der Waals surface area (Å²) in [6.07, 6.45) is 8.45. The van der Waals surface area contributed by atoms with Crippen molar-refractivity contribution in [3.8, 4) is 0 Å². The lowest BCUT2D eigenvalue weighted by Gasteiger charge is -2.43. The summed E-state index contributed by atoms with van der Waals surface area (Å²) in [6.45, 7) is 1.25. The van der Waals surface area contributed by atoms with E-state index < -0.39 is 0 Å². The van der Waals surface area contributed by atoms with E-state index in [1.165, 1.54) is 37.1 Å². The number of rotatable bonds is 1. The lowest BCUT2D eigenvalue weighted by molar-refractivity contribution is -0.674.